The molecule has 0 atom stereocenters. The van der Waals surface area contributed by atoms with Gasteiger partial charge in [0.05, 0.1) is 17.9 Å². The maximum absolute atomic E-state index is 12.7. The predicted octanol–water partition coefficient (Wildman–Crippen LogP) is 4.03. The number of hydrogen-bond donors (Lipinski definition) is 1. The van der Waals surface area contributed by atoms with Crippen LogP contribution in [0.25, 0.3) is 6.08 Å². The van der Waals surface area contributed by atoms with Crippen molar-refractivity contribution in [3.8, 4) is 0 Å². The lowest BCUT2D eigenvalue weighted by molar-refractivity contribution is 0.0526. The lowest BCUT2D eigenvalue weighted by atomic mass is 10.1. The Morgan fingerprint density at radius 2 is 1.92 bits per heavy atom. The van der Waals surface area contributed by atoms with E-state index in [4.69, 9.17) is 4.74 Å². The van der Waals surface area contributed by atoms with Gasteiger partial charge in [0.25, 0.3) is 10.0 Å². The van der Waals surface area contributed by atoms with E-state index in [-0.39, 0.29) is 17.2 Å². The minimum atomic E-state index is -3.87. The van der Waals surface area contributed by atoms with Crippen molar-refractivity contribution in [3.63, 3.8) is 0 Å². The second-order valence-corrected chi connectivity index (χ2v) is 6.91. The first-order chi connectivity index (χ1) is 12.4. The van der Waals surface area contributed by atoms with Crippen LogP contribution in [0.4, 0.5) is 11.4 Å². The van der Waals surface area contributed by atoms with Gasteiger partial charge in [-0.25, -0.2) is 13.2 Å². The summed E-state index contributed by atoms with van der Waals surface area (Å²) in [6.45, 7) is 7.29. The molecule has 0 aliphatic rings. The molecule has 26 heavy (non-hydrogen) atoms. The summed E-state index contributed by atoms with van der Waals surface area (Å²) in [5, 5.41) is 0. The molecule has 136 valence electrons. The Kier molecular flexibility index (Phi) is 6.30. The number of rotatable bonds is 7. The Hall–Kier alpha value is -2.93. The molecule has 0 amide bonds. The van der Waals surface area contributed by atoms with Crippen LogP contribution < -0.4 is 4.72 Å². The highest BCUT2D eigenvalue weighted by atomic mass is 32.2. The fraction of sp³-hybridized carbons (Fsp3) is 0.158. The van der Waals surface area contributed by atoms with E-state index in [1.807, 2.05) is 6.92 Å². The summed E-state index contributed by atoms with van der Waals surface area (Å²) in [6, 6.07) is 10.9. The van der Waals surface area contributed by atoms with Crippen molar-refractivity contribution < 1.29 is 17.9 Å². The maximum Gasteiger partial charge on any atom is 0.338 e. The zero-order valence-corrected chi connectivity index (χ0v) is 15.4. The third-order valence-corrected chi connectivity index (χ3v) is 4.89. The van der Waals surface area contributed by atoms with Gasteiger partial charge < -0.3 is 4.74 Å². The normalized spacial score (nSPS) is 11.3. The van der Waals surface area contributed by atoms with Crippen LogP contribution in [0, 0.1) is 0 Å². The molecule has 2 aromatic rings. The number of nitrogens with one attached hydrogen (secondary N) is 1. The molecule has 0 aromatic heterocycles. The highest BCUT2D eigenvalue weighted by molar-refractivity contribution is 7.92. The molecule has 1 N–H and O–H groups in total. The summed E-state index contributed by atoms with van der Waals surface area (Å²) in [6.07, 6.45) is 3.55. The Morgan fingerprint density at radius 3 is 2.50 bits per heavy atom. The van der Waals surface area contributed by atoms with Gasteiger partial charge in [-0.2, -0.15) is 0 Å². The number of aliphatic imine (C=N–C) groups is 1. The van der Waals surface area contributed by atoms with E-state index in [1.165, 1.54) is 30.3 Å². The van der Waals surface area contributed by atoms with E-state index in [9.17, 15) is 13.2 Å². The minimum absolute atomic E-state index is 0.0255. The first-order valence-corrected chi connectivity index (χ1v) is 9.43. The summed E-state index contributed by atoms with van der Waals surface area (Å²) in [5.74, 6) is -0.459. The van der Waals surface area contributed by atoms with Gasteiger partial charge in [-0.05, 0) is 50.9 Å². The lowest BCUT2D eigenvalue weighted by Crippen LogP contribution is -2.13. The van der Waals surface area contributed by atoms with E-state index < -0.39 is 16.0 Å². The number of ether oxygens (including phenoxy) is 1. The molecule has 0 unspecified atom stereocenters. The van der Waals surface area contributed by atoms with Crippen LogP contribution in [-0.2, 0) is 14.8 Å². The van der Waals surface area contributed by atoms with Crippen molar-refractivity contribution in [3.05, 3.63) is 59.7 Å². The molecule has 0 aliphatic carbocycles. The Balaban J connectivity index is 2.33. The minimum Gasteiger partial charge on any atom is -0.462 e. The van der Waals surface area contributed by atoms with E-state index >= 15 is 0 Å². The molecule has 0 fully saturated rings. The predicted molar refractivity (Wildman–Crippen MR) is 104 cm³/mol. The molecule has 7 heteroatoms. The van der Waals surface area contributed by atoms with Gasteiger partial charge in [0.1, 0.15) is 4.90 Å². The summed E-state index contributed by atoms with van der Waals surface area (Å²) < 4.78 is 32.9. The second kappa shape index (κ2) is 8.44. The summed E-state index contributed by atoms with van der Waals surface area (Å²) in [7, 11) is -3.87. The molecule has 0 aliphatic heterocycles. The average molecular weight is 372 g/mol. The van der Waals surface area contributed by atoms with E-state index in [1.54, 1.807) is 31.2 Å². The summed E-state index contributed by atoms with van der Waals surface area (Å²) in [5.41, 5.74) is 1.60. The van der Waals surface area contributed by atoms with Gasteiger partial charge in [0.2, 0.25) is 0 Å². The second-order valence-electron chi connectivity index (χ2n) is 5.26. The maximum atomic E-state index is 12.7. The van der Waals surface area contributed by atoms with Crippen LogP contribution >= 0.6 is 0 Å². The number of para-hydroxylation sites is 1. The third kappa shape index (κ3) is 4.37. The van der Waals surface area contributed by atoms with Crippen LogP contribution in [0.3, 0.4) is 0 Å². The largest absolute Gasteiger partial charge is 0.462 e. The number of carbonyl (C=O) groups excluding carboxylic acids is 1. The van der Waals surface area contributed by atoms with E-state index in [0.29, 0.717) is 16.8 Å². The summed E-state index contributed by atoms with van der Waals surface area (Å²) >= 11 is 0. The monoisotopic (exact) mass is 372 g/mol. The summed E-state index contributed by atoms with van der Waals surface area (Å²) in [4.78, 5) is 15.6. The van der Waals surface area contributed by atoms with Crippen LogP contribution in [0.1, 0.15) is 29.8 Å². The number of nitrogens with zero attached hydrogens (tertiary/aromatic N) is 1. The molecular formula is C19H20N2O4S. The smallest absolute Gasteiger partial charge is 0.338 e. The number of sulfonamides is 1. The Labute approximate surface area is 153 Å². The van der Waals surface area contributed by atoms with Gasteiger partial charge in [0.15, 0.2) is 0 Å². The zero-order valence-electron chi connectivity index (χ0n) is 14.6. The highest BCUT2D eigenvalue weighted by Gasteiger charge is 2.20. The zero-order chi connectivity index (χ0) is 19.2. The quantitative estimate of drug-likeness (QED) is 0.587. The molecule has 0 spiro atoms. The fourth-order valence-corrected chi connectivity index (χ4v) is 3.59. The van der Waals surface area contributed by atoms with Crippen LogP contribution in [0.15, 0.2) is 58.4 Å². The van der Waals surface area contributed by atoms with Crippen LogP contribution in [-0.4, -0.2) is 27.7 Å². The number of carbonyl (C=O) groups is 1. The number of allylic oxidation sites excluding steroid dienone is 1. The van der Waals surface area contributed by atoms with Crippen molar-refractivity contribution in [1.82, 2.24) is 0 Å². The molecule has 6 nitrogen and oxygen atoms in total. The van der Waals surface area contributed by atoms with Gasteiger partial charge >= 0.3 is 5.97 Å². The Morgan fingerprint density at radius 1 is 1.23 bits per heavy atom. The molecular weight excluding hydrogens is 352 g/mol. The van der Waals surface area contributed by atoms with Crippen molar-refractivity contribution in [2.75, 3.05) is 11.3 Å². The van der Waals surface area contributed by atoms with Crippen LogP contribution in [0.2, 0.25) is 0 Å². The fourth-order valence-electron chi connectivity index (χ4n) is 2.34. The third-order valence-electron chi connectivity index (χ3n) is 3.47. The first kappa shape index (κ1) is 19.4. The lowest BCUT2D eigenvalue weighted by Gasteiger charge is -2.12. The molecule has 0 saturated carbocycles. The average Bonchev–Trinajstić information content (AvgIpc) is 2.62. The molecule has 0 bridgehead atoms. The first-order valence-electron chi connectivity index (χ1n) is 7.95. The molecule has 2 aromatic carbocycles. The SMILES string of the molecule is C=Nc1c(/C=C\C)cccc1S(=O)(=O)Nc1ccc(C(=O)OCC)cc1. The van der Waals surface area contributed by atoms with E-state index in [2.05, 4.69) is 16.4 Å². The van der Waals surface area contributed by atoms with Gasteiger partial charge in [0, 0.05) is 11.3 Å². The standard InChI is InChI=1S/C19H20N2O4S/c1-4-7-14-8-6-9-17(18(14)20-3)26(23,24)21-16-12-10-15(11-13-16)19(22)25-5-2/h4,6-13,21H,3,5H2,1-2H3/b7-4-. The van der Waals surface area contributed by atoms with Crippen molar-refractivity contribution in [2.24, 2.45) is 4.99 Å². The molecule has 2 rings (SSSR count). The van der Waals surface area contributed by atoms with Gasteiger partial charge in [-0.1, -0.05) is 24.3 Å². The number of hydrogen-bond acceptors (Lipinski definition) is 5. The molecule has 0 saturated heterocycles. The van der Waals surface area contributed by atoms with Crippen molar-refractivity contribution in [2.45, 2.75) is 18.7 Å². The molecule has 0 radical (unpaired) electrons. The van der Waals surface area contributed by atoms with Crippen LogP contribution in [0.5, 0.6) is 0 Å². The number of anilines is 1. The van der Waals surface area contributed by atoms with Gasteiger partial charge in [-0.15, -0.1) is 0 Å². The number of esters is 1. The van der Waals surface area contributed by atoms with E-state index in [0.717, 1.165) is 0 Å². The van der Waals surface area contributed by atoms with Gasteiger partial charge in [-0.3, -0.25) is 9.71 Å². The topological polar surface area (TPSA) is 84.8 Å². The highest BCUT2D eigenvalue weighted by Crippen LogP contribution is 2.30. The Bertz CT molecular complexity index is 933. The number of benzene rings is 2. The van der Waals surface area contributed by atoms with Crippen molar-refractivity contribution in [1.29, 1.82) is 0 Å². The van der Waals surface area contributed by atoms with Crippen molar-refractivity contribution >= 4 is 40.2 Å². The molecule has 0 heterocycles.